The van der Waals surface area contributed by atoms with Gasteiger partial charge in [0.15, 0.2) is 5.96 Å². The molecule has 1 heterocycles. The summed E-state index contributed by atoms with van der Waals surface area (Å²) in [7, 11) is 1.74. The van der Waals surface area contributed by atoms with Crippen LogP contribution < -0.4 is 16.0 Å². The lowest BCUT2D eigenvalue weighted by Gasteiger charge is -2.19. The number of amides is 2. The number of hydrogen-bond acceptors (Lipinski definition) is 2. The first-order valence-electron chi connectivity index (χ1n) is 10.9. The third kappa shape index (κ3) is 6.11. The van der Waals surface area contributed by atoms with Crippen LogP contribution in [0.1, 0.15) is 36.8 Å². The molecular weight excluding hydrogens is 520 g/mol. The Bertz CT molecular complexity index is 957. The molecule has 0 atom stereocenters. The molecule has 0 bridgehead atoms. The van der Waals surface area contributed by atoms with Gasteiger partial charge < -0.3 is 20.9 Å². The molecule has 3 N–H and O–H groups in total. The van der Waals surface area contributed by atoms with Crippen LogP contribution in [0.25, 0.3) is 0 Å². The van der Waals surface area contributed by atoms with Gasteiger partial charge in [0.25, 0.3) is 0 Å². The van der Waals surface area contributed by atoms with E-state index in [1.165, 1.54) is 6.07 Å². The van der Waals surface area contributed by atoms with Crippen molar-refractivity contribution < 1.29 is 9.18 Å². The number of guanidine groups is 1. The van der Waals surface area contributed by atoms with Crippen LogP contribution in [0.4, 0.5) is 14.9 Å². The van der Waals surface area contributed by atoms with Crippen LogP contribution in [0.2, 0.25) is 0 Å². The monoisotopic (exact) mass is 551 g/mol. The molecule has 1 saturated heterocycles. The highest BCUT2D eigenvalue weighted by Crippen LogP contribution is 2.47. The zero-order valence-electron chi connectivity index (χ0n) is 18.4. The molecule has 172 valence electrons. The van der Waals surface area contributed by atoms with Crippen LogP contribution in [0.3, 0.4) is 0 Å². The van der Waals surface area contributed by atoms with Gasteiger partial charge in [-0.25, -0.2) is 9.18 Å². The Labute approximate surface area is 206 Å². The summed E-state index contributed by atoms with van der Waals surface area (Å²) in [5.74, 6) is 0.511. The van der Waals surface area contributed by atoms with Crippen LogP contribution >= 0.6 is 24.0 Å². The van der Waals surface area contributed by atoms with Crippen molar-refractivity contribution in [2.24, 2.45) is 4.99 Å². The summed E-state index contributed by atoms with van der Waals surface area (Å²) in [6.45, 7) is 2.94. The van der Waals surface area contributed by atoms with Gasteiger partial charge in [0.1, 0.15) is 5.82 Å². The van der Waals surface area contributed by atoms with Gasteiger partial charge in [-0.05, 0) is 61.1 Å². The number of carbonyl (C=O) groups excluding carboxylic acids is 1. The maximum absolute atomic E-state index is 13.6. The summed E-state index contributed by atoms with van der Waals surface area (Å²) in [4.78, 5) is 18.5. The smallest absolute Gasteiger partial charge is 0.321 e. The average Bonchev–Trinajstić information content (AvgIpc) is 3.36. The summed E-state index contributed by atoms with van der Waals surface area (Å²) in [5, 5.41) is 9.70. The first kappa shape index (κ1) is 24.3. The molecule has 1 aliphatic carbocycles. The molecule has 2 aromatic rings. The zero-order chi connectivity index (χ0) is 21.7. The fourth-order valence-electron chi connectivity index (χ4n) is 4.08. The van der Waals surface area contributed by atoms with Crippen molar-refractivity contribution in [2.45, 2.75) is 37.6 Å². The van der Waals surface area contributed by atoms with Crippen molar-refractivity contribution >= 4 is 41.7 Å². The van der Waals surface area contributed by atoms with Gasteiger partial charge in [-0.1, -0.05) is 24.3 Å². The maximum atomic E-state index is 13.6. The SMILES string of the molecule is CN=C(NCc1cccc(NC(=O)N2CCCC2)c1)NCC1(c2cccc(F)c2)CC1.I. The van der Waals surface area contributed by atoms with Crippen LogP contribution in [0, 0.1) is 5.82 Å². The van der Waals surface area contributed by atoms with Gasteiger partial charge in [0.05, 0.1) is 0 Å². The number of anilines is 1. The minimum atomic E-state index is -0.192. The molecule has 6 nitrogen and oxygen atoms in total. The van der Waals surface area contributed by atoms with Gasteiger partial charge in [-0.15, -0.1) is 24.0 Å². The molecule has 0 unspecified atom stereocenters. The second-order valence-corrected chi connectivity index (χ2v) is 8.39. The first-order chi connectivity index (χ1) is 15.1. The Kier molecular flexibility index (Phi) is 8.33. The van der Waals surface area contributed by atoms with E-state index in [0.717, 1.165) is 55.6 Å². The van der Waals surface area contributed by atoms with Crippen LogP contribution in [-0.4, -0.2) is 43.6 Å². The summed E-state index contributed by atoms with van der Waals surface area (Å²) in [6, 6.07) is 14.7. The number of aliphatic imine (C=N–C) groups is 1. The molecule has 2 fully saturated rings. The van der Waals surface area contributed by atoms with E-state index in [0.29, 0.717) is 19.0 Å². The number of urea groups is 1. The first-order valence-corrected chi connectivity index (χ1v) is 10.9. The Balaban J connectivity index is 0.00000289. The molecule has 1 saturated carbocycles. The Morgan fingerprint density at radius 3 is 2.53 bits per heavy atom. The predicted molar refractivity (Wildman–Crippen MR) is 137 cm³/mol. The third-order valence-electron chi connectivity index (χ3n) is 6.14. The van der Waals surface area contributed by atoms with E-state index in [1.54, 1.807) is 19.2 Å². The molecule has 32 heavy (non-hydrogen) atoms. The molecule has 0 radical (unpaired) electrons. The summed E-state index contributed by atoms with van der Waals surface area (Å²) in [6.07, 6.45) is 4.23. The molecule has 4 rings (SSSR count). The van der Waals surface area contributed by atoms with E-state index < -0.39 is 0 Å². The number of halogens is 2. The molecular formula is C24H31FIN5O. The Hall–Kier alpha value is -2.36. The summed E-state index contributed by atoms with van der Waals surface area (Å²) >= 11 is 0. The van der Waals surface area contributed by atoms with Crippen molar-refractivity contribution in [3.05, 3.63) is 65.5 Å². The molecule has 1 aliphatic heterocycles. The van der Waals surface area contributed by atoms with Gasteiger partial charge in [0.2, 0.25) is 0 Å². The van der Waals surface area contributed by atoms with E-state index in [-0.39, 0.29) is 41.2 Å². The standard InChI is InChI=1S/C24H30FN5O.HI/c1-26-22(28-17-24(10-11-24)19-7-5-8-20(25)15-19)27-16-18-6-4-9-21(14-18)29-23(31)30-12-2-3-13-30;/h4-9,14-15H,2-3,10-13,16-17H2,1H3,(H,29,31)(H2,26,27,28);1H. The highest BCUT2D eigenvalue weighted by Gasteiger charge is 2.44. The average molecular weight is 551 g/mol. The number of likely N-dealkylation sites (tertiary alicyclic amines) is 1. The van der Waals surface area contributed by atoms with Crippen molar-refractivity contribution in [1.29, 1.82) is 0 Å². The fraction of sp³-hybridized carbons (Fsp3) is 0.417. The lowest BCUT2D eigenvalue weighted by molar-refractivity contribution is 0.222. The number of carbonyl (C=O) groups is 1. The number of rotatable bonds is 6. The topological polar surface area (TPSA) is 68.8 Å². The third-order valence-corrected chi connectivity index (χ3v) is 6.14. The second kappa shape index (κ2) is 11.0. The van der Waals surface area contributed by atoms with E-state index in [2.05, 4.69) is 20.9 Å². The minimum Gasteiger partial charge on any atom is -0.356 e. The van der Waals surface area contributed by atoms with Gasteiger partial charge in [-0.3, -0.25) is 4.99 Å². The van der Waals surface area contributed by atoms with Crippen LogP contribution in [0.5, 0.6) is 0 Å². The summed E-state index contributed by atoms with van der Waals surface area (Å²) < 4.78 is 13.6. The normalized spacial score (nSPS) is 16.8. The minimum absolute atomic E-state index is 0. The molecule has 2 amide bonds. The largest absolute Gasteiger partial charge is 0.356 e. The highest BCUT2D eigenvalue weighted by atomic mass is 127. The fourth-order valence-corrected chi connectivity index (χ4v) is 4.08. The number of nitrogens with zero attached hydrogens (tertiary/aromatic N) is 2. The van der Waals surface area contributed by atoms with Crippen molar-refractivity contribution in [2.75, 3.05) is 32.0 Å². The quantitative estimate of drug-likeness (QED) is 0.282. The van der Waals surface area contributed by atoms with Gasteiger partial charge in [0, 0.05) is 44.3 Å². The lowest BCUT2D eigenvalue weighted by atomic mass is 9.96. The van der Waals surface area contributed by atoms with Gasteiger partial charge >= 0.3 is 6.03 Å². The van der Waals surface area contributed by atoms with Crippen LogP contribution in [0.15, 0.2) is 53.5 Å². The van der Waals surface area contributed by atoms with E-state index in [1.807, 2.05) is 35.2 Å². The second-order valence-electron chi connectivity index (χ2n) is 8.39. The molecule has 2 aromatic carbocycles. The Morgan fingerprint density at radius 2 is 1.84 bits per heavy atom. The lowest BCUT2D eigenvalue weighted by Crippen LogP contribution is -2.40. The zero-order valence-corrected chi connectivity index (χ0v) is 20.7. The highest BCUT2D eigenvalue weighted by molar-refractivity contribution is 14.0. The maximum Gasteiger partial charge on any atom is 0.321 e. The number of hydrogen-bond donors (Lipinski definition) is 3. The molecule has 8 heteroatoms. The number of benzene rings is 2. The Morgan fingerprint density at radius 1 is 1.09 bits per heavy atom. The van der Waals surface area contributed by atoms with Gasteiger partial charge in [-0.2, -0.15) is 0 Å². The van der Waals surface area contributed by atoms with E-state index in [4.69, 9.17) is 0 Å². The molecule has 0 aromatic heterocycles. The summed E-state index contributed by atoms with van der Waals surface area (Å²) in [5.41, 5.74) is 2.87. The van der Waals surface area contributed by atoms with Crippen molar-refractivity contribution in [1.82, 2.24) is 15.5 Å². The van der Waals surface area contributed by atoms with E-state index >= 15 is 0 Å². The number of nitrogens with one attached hydrogen (secondary N) is 3. The van der Waals surface area contributed by atoms with Crippen molar-refractivity contribution in [3.8, 4) is 0 Å². The van der Waals surface area contributed by atoms with Crippen molar-refractivity contribution in [3.63, 3.8) is 0 Å². The predicted octanol–water partition coefficient (Wildman–Crippen LogP) is 4.47. The molecule has 0 spiro atoms. The van der Waals surface area contributed by atoms with Crippen LogP contribution in [-0.2, 0) is 12.0 Å². The molecule has 2 aliphatic rings. The van der Waals surface area contributed by atoms with E-state index in [9.17, 15) is 9.18 Å².